The summed E-state index contributed by atoms with van der Waals surface area (Å²) in [6.45, 7) is 0. The number of hydrogen-bond acceptors (Lipinski definition) is 2. The number of carboxylic acids is 1. The minimum atomic E-state index is -4.63. The van der Waals surface area contributed by atoms with Gasteiger partial charge in [0.2, 0.25) is 0 Å². The number of hydrogen-bond donors (Lipinski definition) is 1. The lowest BCUT2D eigenvalue weighted by atomic mass is 10.0. The van der Waals surface area contributed by atoms with Gasteiger partial charge in [-0.3, -0.25) is 4.79 Å². The van der Waals surface area contributed by atoms with Crippen molar-refractivity contribution in [1.82, 2.24) is 0 Å². The van der Waals surface area contributed by atoms with E-state index in [1.54, 1.807) is 6.07 Å². The lowest BCUT2D eigenvalue weighted by Gasteiger charge is -2.10. The van der Waals surface area contributed by atoms with Crippen LogP contribution in [-0.2, 0) is 17.4 Å². The summed E-state index contributed by atoms with van der Waals surface area (Å²) in [5.41, 5.74) is -1.57. The third-order valence-electron chi connectivity index (χ3n) is 1.95. The van der Waals surface area contributed by atoms with E-state index in [2.05, 4.69) is 0 Å². The van der Waals surface area contributed by atoms with Crippen molar-refractivity contribution in [2.75, 3.05) is 0 Å². The minimum Gasteiger partial charge on any atom is -0.481 e. The number of nitriles is 1. The standard InChI is InChI=1S/C10H5ClF3NO2/c11-8-3-6(10(12,13)14)1-5(2-9(16)17)7(8)4-15/h1,3H,2H2,(H,16,17). The summed E-state index contributed by atoms with van der Waals surface area (Å²) in [6.07, 6.45) is -5.32. The number of rotatable bonds is 2. The zero-order valence-electron chi connectivity index (χ0n) is 8.18. The second-order valence-electron chi connectivity index (χ2n) is 3.17. The molecule has 0 atom stereocenters. The highest BCUT2D eigenvalue weighted by atomic mass is 35.5. The molecule has 0 saturated carbocycles. The molecule has 0 heterocycles. The third-order valence-corrected chi connectivity index (χ3v) is 2.25. The molecule has 1 aromatic carbocycles. The summed E-state index contributed by atoms with van der Waals surface area (Å²) in [7, 11) is 0. The van der Waals surface area contributed by atoms with Crippen LogP contribution in [0, 0.1) is 11.3 Å². The maximum Gasteiger partial charge on any atom is 0.416 e. The van der Waals surface area contributed by atoms with Crippen molar-refractivity contribution < 1.29 is 23.1 Å². The molecule has 1 rings (SSSR count). The molecule has 0 unspecified atom stereocenters. The van der Waals surface area contributed by atoms with Crippen LogP contribution in [0.25, 0.3) is 0 Å². The van der Waals surface area contributed by atoms with Crippen LogP contribution in [0.1, 0.15) is 16.7 Å². The predicted octanol–water partition coefficient (Wildman–Crippen LogP) is 2.86. The van der Waals surface area contributed by atoms with Crippen LogP contribution < -0.4 is 0 Å². The first-order valence-electron chi connectivity index (χ1n) is 4.27. The lowest BCUT2D eigenvalue weighted by molar-refractivity contribution is -0.138. The fourth-order valence-corrected chi connectivity index (χ4v) is 1.54. The fourth-order valence-electron chi connectivity index (χ4n) is 1.25. The highest BCUT2D eigenvalue weighted by Crippen LogP contribution is 2.33. The van der Waals surface area contributed by atoms with Gasteiger partial charge in [-0.2, -0.15) is 18.4 Å². The van der Waals surface area contributed by atoms with Gasteiger partial charge in [0, 0.05) is 0 Å². The van der Waals surface area contributed by atoms with Crippen LogP contribution in [0.15, 0.2) is 12.1 Å². The van der Waals surface area contributed by atoms with Gasteiger partial charge >= 0.3 is 12.1 Å². The summed E-state index contributed by atoms with van der Waals surface area (Å²) >= 11 is 5.51. The molecule has 0 aliphatic rings. The number of nitrogens with zero attached hydrogens (tertiary/aromatic N) is 1. The smallest absolute Gasteiger partial charge is 0.416 e. The van der Waals surface area contributed by atoms with E-state index in [0.29, 0.717) is 12.1 Å². The van der Waals surface area contributed by atoms with Crippen LogP contribution in [0.5, 0.6) is 0 Å². The maximum absolute atomic E-state index is 12.4. The van der Waals surface area contributed by atoms with Gasteiger partial charge in [-0.25, -0.2) is 0 Å². The van der Waals surface area contributed by atoms with Crippen molar-refractivity contribution in [3.8, 4) is 6.07 Å². The molecule has 17 heavy (non-hydrogen) atoms. The van der Waals surface area contributed by atoms with Crippen molar-refractivity contribution in [3.63, 3.8) is 0 Å². The molecule has 0 aliphatic heterocycles. The van der Waals surface area contributed by atoms with Gasteiger partial charge in [-0.15, -0.1) is 0 Å². The van der Waals surface area contributed by atoms with E-state index in [1.807, 2.05) is 0 Å². The molecule has 7 heteroatoms. The Balaban J connectivity index is 3.40. The zero-order valence-corrected chi connectivity index (χ0v) is 8.93. The van der Waals surface area contributed by atoms with Crippen LogP contribution in [0.4, 0.5) is 13.2 Å². The molecule has 1 N–H and O–H groups in total. The van der Waals surface area contributed by atoms with Gasteiger partial charge < -0.3 is 5.11 Å². The summed E-state index contributed by atoms with van der Waals surface area (Å²) in [6, 6.07) is 2.81. The number of benzene rings is 1. The van der Waals surface area contributed by atoms with E-state index < -0.39 is 29.2 Å². The molecule has 0 saturated heterocycles. The first kappa shape index (κ1) is 13.3. The second-order valence-corrected chi connectivity index (χ2v) is 3.58. The molecule has 1 aromatic rings. The Bertz CT molecular complexity index is 505. The van der Waals surface area contributed by atoms with Crippen molar-refractivity contribution in [3.05, 3.63) is 33.8 Å². The van der Waals surface area contributed by atoms with E-state index in [1.165, 1.54) is 0 Å². The SMILES string of the molecule is N#Cc1c(Cl)cc(C(F)(F)F)cc1CC(=O)O. The number of aliphatic carboxylic acids is 1. The average Bonchev–Trinajstić information content (AvgIpc) is 2.14. The molecule has 0 spiro atoms. The van der Waals surface area contributed by atoms with Gasteiger partial charge in [0.15, 0.2) is 0 Å². The largest absolute Gasteiger partial charge is 0.481 e. The number of halogens is 4. The van der Waals surface area contributed by atoms with E-state index in [0.717, 1.165) is 0 Å². The van der Waals surface area contributed by atoms with Gasteiger partial charge in [0.05, 0.1) is 22.6 Å². The fraction of sp³-hybridized carbons (Fsp3) is 0.200. The van der Waals surface area contributed by atoms with Crippen molar-refractivity contribution in [1.29, 1.82) is 5.26 Å². The second kappa shape index (κ2) is 4.63. The van der Waals surface area contributed by atoms with E-state index in [9.17, 15) is 18.0 Å². The highest BCUT2D eigenvalue weighted by Gasteiger charge is 2.32. The van der Waals surface area contributed by atoms with E-state index >= 15 is 0 Å². The number of carboxylic acid groups (broad SMARTS) is 1. The van der Waals surface area contributed by atoms with Crippen LogP contribution in [-0.4, -0.2) is 11.1 Å². The Morgan fingerprint density at radius 1 is 1.47 bits per heavy atom. The quantitative estimate of drug-likeness (QED) is 0.892. The minimum absolute atomic E-state index is 0.248. The zero-order chi connectivity index (χ0) is 13.2. The monoisotopic (exact) mass is 263 g/mol. The first-order chi connectivity index (χ1) is 7.75. The Kier molecular flexibility index (Phi) is 3.63. The third kappa shape index (κ3) is 3.11. The maximum atomic E-state index is 12.4. The van der Waals surface area contributed by atoms with Gasteiger partial charge in [0.1, 0.15) is 6.07 Å². The Morgan fingerprint density at radius 2 is 2.06 bits per heavy atom. The average molecular weight is 264 g/mol. The molecular weight excluding hydrogens is 259 g/mol. The van der Waals surface area contributed by atoms with Gasteiger partial charge in [-0.1, -0.05) is 11.6 Å². The summed E-state index contributed by atoms with van der Waals surface area (Å²) < 4.78 is 37.3. The van der Waals surface area contributed by atoms with E-state index in [4.69, 9.17) is 22.0 Å². The molecular formula is C10H5ClF3NO2. The van der Waals surface area contributed by atoms with Crippen LogP contribution >= 0.6 is 11.6 Å². The first-order valence-corrected chi connectivity index (χ1v) is 4.65. The van der Waals surface area contributed by atoms with Crippen LogP contribution in [0.2, 0.25) is 5.02 Å². The topological polar surface area (TPSA) is 61.1 Å². The summed E-state index contributed by atoms with van der Waals surface area (Å²) in [5.74, 6) is -1.34. The molecule has 0 aliphatic carbocycles. The molecule has 90 valence electrons. The predicted molar refractivity (Wildman–Crippen MR) is 52.5 cm³/mol. The lowest BCUT2D eigenvalue weighted by Crippen LogP contribution is -2.09. The molecule has 0 radical (unpaired) electrons. The van der Waals surface area contributed by atoms with Crippen molar-refractivity contribution in [2.24, 2.45) is 0 Å². The Morgan fingerprint density at radius 3 is 2.47 bits per heavy atom. The summed E-state index contributed by atoms with van der Waals surface area (Å²) in [5, 5.41) is 16.8. The van der Waals surface area contributed by atoms with E-state index in [-0.39, 0.29) is 11.1 Å². The molecule has 0 fully saturated rings. The number of carbonyl (C=O) groups is 1. The summed E-state index contributed by atoms with van der Waals surface area (Å²) in [4.78, 5) is 10.5. The van der Waals surface area contributed by atoms with Gasteiger partial charge in [-0.05, 0) is 17.7 Å². The molecule has 0 aromatic heterocycles. The van der Waals surface area contributed by atoms with Crippen LogP contribution in [0.3, 0.4) is 0 Å². The molecule has 3 nitrogen and oxygen atoms in total. The molecule has 0 bridgehead atoms. The normalized spacial score (nSPS) is 11.0. The Hall–Kier alpha value is -1.74. The highest BCUT2D eigenvalue weighted by molar-refractivity contribution is 6.32. The number of alkyl halides is 3. The van der Waals surface area contributed by atoms with Crippen molar-refractivity contribution in [2.45, 2.75) is 12.6 Å². The van der Waals surface area contributed by atoms with Gasteiger partial charge in [0.25, 0.3) is 0 Å². The molecule has 0 amide bonds. The van der Waals surface area contributed by atoms with Crippen molar-refractivity contribution >= 4 is 17.6 Å². The Labute approximate surface area is 99.0 Å².